The van der Waals surface area contributed by atoms with Crippen molar-refractivity contribution in [3.63, 3.8) is 0 Å². The van der Waals surface area contributed by atoms with Crippen LogP contribution in [-0.2, 0) is 5.41 Å². The summed E-state index contributed by atoms with van der Waals surface area (Å²) in [6, 6.07) is 8.20. The van der Waals surface area contributed by atoms with Crippen molar-refractivity contribution in [3.05, 3.63) is 34.9 Å². The summed E-state index contributed by atoms with van der Waals surface area (Å²) in [4.78, 5) is 0. The van der Waals surface area contributed by atoms with Gasteiger partial charge in [0.15, 0.2) is 0 Å². The summed E-state index contributed by atoms with van der Waals surface area (Å²) in [6.07, 6.45) is 2.58. The van der Waals surface area contributed by atoms with Gasteiger partial charge in [0.2, 0.25) is 0 Å². The van der Waals surface area contributed by atoms with Crippen molar-refractivity contribution in [2.45, 2.75) is 18.3 Å². The highest BCUT2D eigenvalue weighted by atomic mass is 79.9. The molecule has 0 atom stereocenters. The van der Waals surface area contributed by atoms with Gasteiger partial charge in [0.25, 0.3) is 0 Å². The van der Waals surface area contributed by atoms with E-state index in [1.54, 1.807) is 0 Å². The second-order valence-electron chi connectivity index (χ2n) is 3.42. The van der Waals surface area contributed by atoms with Crippen LogP contribution in [-0.4, -0.2) is 5.33 Å². The van der Waals surface area contributed by atoms with Gasteiger partial charge in [0, 0.05) is 15.8 Å². The highest BCUT2D eigenvalue weighted by Crippen LogP contribution is 2.49. The van der Waals surface area contributed by atoms with Gasteiger partial charge in [-0.15, -0.1) is 0 Å². The minimum absolute atomic E-state index is 0.408. The zero-order valence-electron chi connectivity index (χ0n) is 6.69. The van der Waals surface area contributed by atoms with Gasteiger partial charge in [-0.25, -0.2) is 0 Å². The first-order valence-corrected chi connectivity index (χ1v) is 5.59. The summed E-state index contributed by atoms with van der Waals surface area (Å²) >= 11 is 9.47. The van der Waals surface area contributed by atoms with Crippen molar-refractivity contribution in [1.82, 2.24) is 0 Å². The highest BCUT2D eigenvalue weighted by molar-refractivity contribution is 9.09. The maximum absolute atomic E-state index is 5.92. The van der Waals surface area contributed by atoms with Crippen molar-refractivity contribution in [1.29, 1.82) is 0 Å². The number of hydrogen-bond donors (Lipinski definition) is 0. The van der Waals surface area contributed by atoms with Gasteiger partial charge in [-0.1, -0.05) is 39.7 Å². The van der Waals surface area contributed by atoms with Crippen LogP contribution >= 0.6 is 27.5 Å². The number of halogens is 2. The molecule has 0 heterocycles. The molecule has 0 unspecified atom stereocenters. The van der Waals surface area contributed by atoms with Crippen LogP contribution in [0.4, 0.5) is 0 Å². The van der Waals surface area contributed by atoms with Crippen LogP contribution in [0.3, 0.4) is 0 Å². The fourth-order valence-corrected chi connectivity index (χ4v) is 2.54. The Balaban J connectivity index is 2.34. The summed E-state index contributed by atoms with van der Waals surface area (Å²) in [6.45, 7) is 0. The second-order valence-corrected chi connectivity index (χ2v) is 4.42. The maximum Gasteiger partial charge on any atom is 0.0408 e. The van der Waals surface area contributed by atoms with Crippen molar-refractivity contribution in [2.24, 2.45) is 0 Å². The van der Waals surface area contributed by atoms with Crippen LogP contribution in [0.25, 0.3) is 0 Å². The summed E-state index contributed by atoms with van der Waals surface area (Å²) in [5.74, 6) is 0. The number of rotatable bonds is 2. The molecule has 64 valence electrons. The highest BCUT2D eigenvalue weighted by Gasteiger charge is 2.42. The lowest BCUT2D eigenvalue weighted by Crippen LogP contribution is -2.07. The minimum Gasteiger partial charge on any atom is -0.0918 e. The maximum atomic E-state index is 5.92. The Hall–Kier alpha value is -0.0100. The van der Waals surface area contributed by atoms with Crippen molar-refractivity contribution in [2.75, 3.05) is 5.33 Å². The lowest BCUT2D eigenvalue weighted by Gasteiger charge is -2.11. The first-order chi connectivity index (χ1) is 5.77. The molecule has 0 saturated heterocycles. The molecule has 0 amide bonds. The number of benzene rings is 1. The lowest BCUT2D eigenvalue weighted by atomic mass is 9.99. The van der Waals surface area contributed by atoms with E-state index in [2.05, 4.69) is 28.1 Å². The Morgan fingerprint density at radius 3 is 2.67 bits per heavy atom. The van der Waals surface area contributed by atoms with Crippen LogP contribution in [0.2, 0.25) is 5.02 Å². The topological polar surface area (TPSA) is 0 Å². The van der Waals surface area contributed by atoms with E-state index in [9.17, 15) is 0 Å². The molecule has 2 rings (SSSR count). The molecular weight excluding hydrogens is 235 g/mol. The van der Waals surface area contributed by atoms with Gasteiger partial charge in [0.1, 0.15) is 0 Å². The predicted molar refractivity (Wildman–Crippen MR) is 56.2 cm³/mol. The average molecular weight is 246 g/mol. The fraction of sp³-hybridized carbons (Fsp3) is 0.400. The van der Waals surface area contributed by atoms with Crippen LogP contribution in [0.1, 0.15) is 18.4 Å². The molecule has 12 heavy (non-hydrogen) atoms. The third-order valence-corrected chi connectivity index (χ3v) is 3.85. The molecule has 1 aliphatic carbocycles. The Morgan fingerprint density at radius 1 is 1.42 bits per heavy atom. The van der Waals surface area contributed by atoms with Crippen molar-refractivity contribution in [3.8, 4) is 0 Å². The fourth-order valence-electron chi connectivity index (χ4n) is 1.47. The summed E-state index contributed by atoms with van der Waals surface area (Å²) in [5.41, 5.74) is 1.79. The Kier molecular flexibility index (Phi) is 2.18. The monoisotopic (exact) mass is 244 g/mol. The molecule has 1 fully saturated rings. The molecule has 0 spiro atoms. The molecule has 0 N–H and O–H groups in total. The molecule has 1 aliphatic rings. The largest absolute Gasteiger partial charge is 0.0918 e. The first kappa shape index (κ1) is 8.58. The molecule has 1 aromatic carbocycles. The molecular formula is C10H10BrCl. The van der Waals surface area contributed by atoms with Crippen molar-refractivity contribution < 1.29 is 0 Å². The predicted octanol–water partition coefficient (Wildman–Crippen LogP) is 3.77. The summed E-state index contributed by atoms with van der Waals surface area (Å²) in [5, 5.41) is 1.90. The van der Waals surface area contributed by atoms with Crippen molar-refractivity contribution >= 4 is 27.5 Å². The molecule has 0 aliphatic heterocycles. The van der Waals surface area contributed by atoms with Crippen LogP contribution < -0.4 is 0 Å². The Labute approximate surface area is 86.1 Å². The molecule has 1 aromatic rings. The van der Waals surface area contributed by atoms with E-state index < -0.39 is 0 Å². The van der Waals surface area contributed by atoms with E-state index in [1.807, 2.05) is 12.1 Å². The molecule has 0 nitrogen and oxygen atoms in total. The summed E-state index contributed by atoms with van der Waals surface area (Å²) in [7, 11) is 0. The zero-order chi connectivity index (χ0) is 8.60. The van der Waals surface area contributed by atoms with Gasteiger partial charge in [-0.2, -0.15) is 0 Å². The SMILES string of the molecule is Clc1cccc(C2(CBr)CC2)c1. The molecule has 0 bridgehead atoms. The van der Waals surface area contributed by atoms with E-state index in [1.165, 1.54) is 18.4 Å². The van der Waals surface area contributed by atoms with E-state index >= 15 is 0 Å². The van der Waals surface area contributed by atoms with Crippen LogP contribution in [0.5, 0.6) is 0 Å². The van der Waals surface area contributed by atoms with Crippen LogP contribution in [0.15, 0.2) is 24.3 Å². The minimum atomic E-state index is 0.408. The number of alkyl halides is 1. The van der Waals surface area contributed by atoms with Crippen LogP contribution in [0, 0.1) is 0 Å². The quantitative estimate of drug-likeness (QED) is 0.696. The Bertz CT molecular complexity index is 292. The molecule has 0 radical (unpaired) electrons. The zero-order valence-corrected chi connectivity index (χ0v) is 9.03. The van der Waals surface area contributed by atoms with Gasteiger partial charge >= 0.3 is 0 Å². The molecule has 2 heteroatoms. The molecule has 1 saturated carbocycles. The summed E-state index contributed by atoms with van der Waals surface area (Å²) < 4.78 is 0. The second kappa shape index (κ2) is 3.04. The third-order valence-electron chi connectivity index (χ3n) is 2.55. The van der Waals surface area contributed by atoms with Gasteiger partial charge in [-0.3, -0.25) is 0 Å². The number of hydrogen-bond acceptors (Lipinski definition) is 0. The van der Waals surface area contributed by atoms with E-state index in [0.29, 0.717) is 5.41 Å². The van der Waals surface area contributed by atoms with E-state index in [4.69, 9.17) is 11.6 Å². The van der Waals surface area contributed by atoms with Gasteiger partial charge < -0.3 is 0 Å². The smallest absolute Gasteiger partial charge is 0.0408 e. The molecule has 0 aromatic heterocycles. The van der Waals surface area contributed by atoms with E-state index in [0.717, 1.165) is 10.4 Å². The van der Waals surface area contributed by atoms with Gasteiger partial charge in [-0.05, 0) is 30.5 Å². The normalized spacial score (nSPS) is 19.2. The standard InChI is InChI=1S/C10H10BrCl/c11-7-10(4-5-10)8-2-1-3-9(12)6-8/h1-3,6H,4-5,7H2. The third kappa shape index (κ3) is 1.40. The van der Waals surface area contributed by atoms with E-state index in [-0.39, 0.29) is 0 Å². The average Bonchev–Trinajstić information content (AvgIpc) is 2.84. The lowest BCUT2D eigenvalue weighted by molar-refractivity contribution is 0.809. The van der Waals surface area contributed by atoms with Gasteiger partial charge in [0.05, 0.1) is 0 Å². The Morgan fingerprint density at radius 2 is 2.17 bits per heavy atom. The first-order valence-electron chi connectivity index (χ1n) is 4.09.